The van der Waals surface area contributed by atoms with Gasteiger partial charge in [0.25, 0.3) is 0 Å². The molecule has 0 amide bonds. The summed E-state index contributed by atoms with van der Waals surface area (Å²) < 4.78 is 12.3. The summed E-state index contributed by atoms with van der Waals surface area (Å²) in [6, 6.07) is 5.70. The van der Waals surface area contributed by atoms with E-state index in [1.54, 1.807) is 18.7 Å². The molecule has 3 rings (SSSR count). The molecule has 0 saturated heterocycles. The molecule has 2 heterocycles. The lowest BCUT2D eigenvalue weighted by Crippen LogP contribution is -1.94. The minimum atomic E-state index is 0.737. The molecular weight excluding hydrogens is 276 g/mol. The molecule has 7 heteroatoms. The molecule has 0 fully saturated rings. The van der Waals surface area contributed by atoms with Crippen LogP contribution in [0.1, 0.15) is 12.7 Å². The number of ether oxygens (including phenoxy) is 2. The van der Waals surface area contributed by atoms with Crippen LogP contribution in [0.2, 0.25) is 0 Å². The third-order valence-corrected chi connectivity index (χ3v) is 3.92. The number of benzene rings is 1. The number of fused-ring (bicyclic) bond motifs is 1. The second kappa shape index (κ2) is 5.09. The fraction of sp³-hybridized carbons (Fsp3) is 0.308. The first-order valence-corrected chi connectivity index (χ1v) is 7.01. The van der Waals surface area contributed by atoms with Crippen molar-refractivity contribution in [2.45, 2.75) is 13.3 Å². The van der Waals surface area contributed by atoms with Crippen LogP contribution < -0.4 is 9.47 Å². The van der Waals surface area contributed by atoms with Gasteiger partial charge in [-0.3, -0.25) is 0 Å². The van der Waals surface area contributed by atoms with Crippen molar-refractivity contribution in [3.63, 3.8) is 0 Å². The zero-order valence-electron chi connectivity index (χ0n) is 11.5. The molecule has 6 nitrogen and oxygen atoms in total. The number of hydrogen-bond donors (Lipinski definition) is 0. The Morgan fingerprint density at radius 3 is 2.40 bits per heavy atom. The molecule has 0 spiro atoms. The van der Waals surface area contributed by atoms with Gasteiger partial charge in [0.05, 0.1) is 14.2 Å². The van der Waals surface area contributed by atoms with E-state index in [2.05, 4.69) is 15.3 Å². The smallest absolute Gasteiger partial charge is 0.234 e. The standard InChI is InChI=1S/C13H14N4O2S/c1-4-11-14-15-13-17(11)16-12(20-13)8-5-9(18-2)7-10(6-8)19-3/h5-7H,4H2,1-3H3. The van der Waals surface area contributed by atoms with Crippen LogP contribution in [0.5, 0.6) is 11.5 Å². The lowest BCUT2D eigenvalue weighted by Gasteiger charge is -2.06. The number of aryl methyl sites for hydroxylation is 1. The topological polar surface area (TPSA) is 61.5 Å². The summed E-state index contributed by atoms with van der Waals surface area (Å²) in [6.07, 6.45) is 0.797. The maximum absolute atomic E-state index is 5.28. The van der Waals surface area contributed by atoms with E-state index in [1.165, 1.54) is 11.3 Å². The van der Waals surface area contributed by atoms with Crippen LogP contribution in [0.4, 0.5) is 0 Å². The highest BCUT2D eigenvalue weighted by Gasteiger charge is 2.13. The van der Waals surface area contributed by atoms with Crippen molar-refractivity contribution in [2.75, 3.05) is 14.2 Å². The molecule has 0 bridgehead atoms. The Kier molecular flexibility index (Phi) is 3.27. The molecule has 0 saturated carbocycles. The van der Waals surface area contributed by atoms with E-state index in [-0.39, 0.29) is 0 Å². The van der Waals surface area contributed by atoms with Gasteiger partial charge in [-0.25, -0.2) is 0 Å². The SMILES string of the molecule is CCc1nnc2sc(-c3cc(OC)cc(OC)c3)nn12. The van der Waals surface area contributed by atoms with Crippen molar-refractivity contribution in [1.29, 1.82) is 0 Å². The second-order valence-electron chi connectivity index (χ2n) is 4.17. The summed E-state index contributed by atoms with van der Waals surface area (Å²) in [7, 11) is 3.26. The van der Waals surface area contributed by atoms with E-state index >= 15 is 0 Å². The summed E-state index contributed by atoms with van der Waals surface area (Å²) in [5, 5.41) is 13.6. The van der Waals surface area contributed by atoms with Gasteiger partial charge in [-0.1, -0.05) is 18.3 Å². The van der Waals surface area contributed by atoms with Gasteiger partial charge in [0.15, 0.2) is 5.82 Å². The van der Waals surface area contributed by atoms with Crippen molar-refractivity contribution in [2.24, 2.45) is 0 Å². The van der Waals surface area contributed by atoms with Gasteiger partial charge in [-0.05, 0) is 12.1 Å². The number of nitrogens with zero attached hydrogens (tertiary/aromatic N) is 4. The molecular formula is C13H14N4O2S. The van der Waals surface area contributed by atoms with Crippen LogP contribution in [0.25, 0.3) is 15.5 Å². The average molecular weight is 290 g/mol. The zero-order chi connectivity index (χ0) is 14.1. The Morgan fingerprint density at radius 2 is 1.80 bits per heavy atom. The lowest BCUT2D eigenvalue weighted by atomic mass is 10.2. The summed E-state index contributed by atoms with van der Waals surface area (Å²) in [4.78, 5) is 0.790. The van der Waals surface area contributed by atoms with E-state index in [4.69, 9.17) is 9.47 Å². The Balaban J connectivity index is 2.11. The Hall–Kier alpha value is -2.15. The quantitative estimate of drug-likeness (QED) is 0.738. The minimum absolute atomic E-state index is 0.737. The molecule has 0 radical (unpaired) electrons. The van der Waals surface area contributed by atoms with Crippen LogP contribution in [-0.4, -0.2) is 34.0 Å². The van der Waals surface area contributed by atoms with Crippen LogP contribution in [-0.2, 0) is 6.42 Å². The molecule has 104 valence electrons. The van der Waals surface area contributed by atoms with Gasteiger partial charge in [0.2, 0.25) is 4.96 Å². The highest BCUT2D eigenvalue weighted by Crippen LogP contribution is 2.32. The lowest BCUT2D eigenvalue weighted by molar-refractivity contribution is 0.394. The Bertz CT molecular complexity index is 728. The van der Waals surface area contributed by atoms with E-state index in [1.807, 2.05) is 25.1 Å². The van der Waals surface area contributed by atoms with E-state index in [0.29, 0.717) is 0 Å². The number of rotatable bonds is 4. The average Bonchev–Trinajstić information content (AvgIpc) is 3.06. The maximum atomic E-state index is 5.28. The Labute approximate surface area is 120 Å². The van der Waals surface area contributed by atoms with Crippen molar-refractivity contribution in [1.82, 2.24) is 19.8 Å². The molecule has 20 heavy (non-hydrogen) atoms. The summed E-state index contributed by atoms with van der Waals surface area (Å²) in [6.45, 7) is 2.03. The first-order chi connectivity index (χ1) is 9.75. The highest BCUT2D eigenvalue weighted by molar-refractivity contribution is 7.19. The van der Waals surface area contributed by atoms with Crippen LogP contribution in [0.15, 0.2) is 18.2 Å². The maximum Gasteiger partial charge on any atom is 0.234 e. The fourth-order valence-corrected chi connectivity index (χ4v) is 2.77. The number of methoxy groups -OCH3 is 2. The van der Waals surface area contributed by atoms with Crippen molar-refractivity contribution in [3.05, 3.63) is 24.0 Å². The summed E-state index contributed by atoms with van der Waals surface area (Å²) in [5.74, 6) is 2.33. The molecule has 0 atom stereocenters. The van der Waals surface area contributed by atoms with Crippen molar-refractivity contribution in [3.8, 4) is 22.1 Å². The molecule has 3 aromatic rings. The molecule has 0 unspecified atom stereocenters. The number of aromatic nitrogens is 4. The summed E-state index contributed by atoms with van der Waals surface area (Å²) >= 11 is 1.49. The summed E-state index contributed by atoms with van der Waals surface area (Å²) in [5.41, 5.74) is 0.943. The van der Waals surface area contributed by atoms with Crippen molar-refractivity contribution < 1.29 is 9.47 Å². The molecule has 1 aromatic carbocycles. The van der Waals surface area contributed by atoms with E-state index in [0.717, 1.165) is 39.3 Å². The van der Waals surface area contributed by atoms with Gasteiger partial charge < -0.3 is 9.47 Å². The molecule has 2 aromatic heterocycles. The fourth-order valence-electron chi connectivity index (χ4n) is 1.93. The van der Waals surface area contributed by atoms with Crippen LogP contribution >= 0.6 is 11.3 Å². The largest absolute Gasteiger partial charge is 0.497 e. The normalized spacial score (nSPS) is 10.9. The first kappa shape index (κ1) is 12.9. The third kappa shape index (κ3) is 2.09. The monoisotopic (exact) mass is 290 g/mol. The van der Waals surface area contributed by atoms with Crippen LogP contribution in [0, 0.1) is 0 Å². The van der Waals surface area contributed by atoms with E-state index < -0.39 is 0 Å². The third-order valence-electron chi connectivity index (χ3n) is 2.97. The van der Waals surface area contributed by atoms with Gasteiger partial charge in [-0.2, -0.15) is 9.61 Å². The van der Waals surface area contributed by atoms with Crippen molar-refractivity contribution >= 4 is 16.3 Å². The Morgan fingerprint density at radius 1 is 1.10 bits per heavy atom. The number of hydrogen-bond acceptors (Lipinski definition) is 6. The van der Waals surface area contributed by atoms with Gasteiger partial charge in [-0.15, -0.1) is 10.2 Å². The molecule has 0 aliphatic carbocycles. The zero-order valence-corrected chi connectivity index (χ0v) is 12.3. The first-order valence-electron chi connectivity index (χ1n) is 6.19. The predicted octanol–water partition coefficient (Wildman–Crippen LogP) is 2.43. The van der Waals surface area contributed by atoms with E-state index in [9.17, 15) is 0 Å². The second-order valence-corrected chi connectivity index (χ2v) is 5.13. The van der Waals surface area contributed by atoms with Gasteiger partial charge >= 0.3 is 0 Å². The molecule has 0 N–H and O–H groups in total. The highest BCUT2D eigenvalue weighted by atomic mass is 32.1. The molecule has 0 aliphatic heterocycles. The molecule has 0 aliphatic rings. The van der Waals surface area contributed by atoms with Gasteiger partial charge in [0, 0.05) is 18.1 Å². The van der Waals surface area contributed by atoms with Gasteiger partial charge in [0.1, 0.15) is 16.5 Å². The van der Waals surface area contributed by atoms with Crippen LogP contribution in [0.3, 0.4) is 0 Å². The minimum Gasteiger partial charge on any atom is -0.497 e. The predicted molar refractivity (Wildman–Crippen MR) is 76.6 cm³/mol.